The van der Waals surface area contributed by atoms with Crippen molar-refractivity contribution in [3.63, 3.8) is 0 Å². The van der Waals surface area contributed by atoms with Gasteiger partial charge in [0.25, 0.3) is 5.91 Å². The molecule has 2 saturated heterocycles. The van der Waals surface area contributed by atoms with Gasteiger partial charge in [0.05, 0.1) is 0 Å². The third kappa shape index (κ3) is 2.26. The first kappa shape index (κ1) is 11.3. The number of rotatable bonds is 2. The first-order valence-corrected chi connectivity index (χ1v) is 6.81. The molecule has 2 N–H and O–H groups in total. The molecule has 92 valence electrons. The van der Waals surface area contributed by atoms with Crippen LogP contribution in [0.3, 0.4) is 0 Å². The summed E-state index contributed by atoms with van der Waals surface area (Å²) in [4.78, 5) is 11.9. The maximum atomic E-state index is 11.9. The number of halogens is 1. The smallest absolute Gasteiger partial charge is 0.287 e. The van der Waals surface area contributed by atoms with Crippen molar-refractivity contribution in [1.82, 2.24) is 10.6 Å². The minimum atomic E-state index is -0.116. The van der Waals surface area contributed by atoms with Crippen LogP contribution < -0.4 is 10.6 Å². The predicted octanol–water partition coefficient (Wildman–Crippen LogP) is 1.91. The number of carbonyl (C=O) groups excluding carboxylic acids is 1. The largest absolute Gasteiger partial charge is 0.444 e. The molecular formula is C12H15BrN2O2. The highest BCUT2D eigenvalue weighted by atomic mass is 79.9. The van der Waals surface area contributed by atoms with Crippen LogP contribution in [-0.2, 0) is 0 Å². The number of amides is 1. The number of hydrogen-bond acceptors (Lipinski definition) is 3. The second-order valence-corrected chi connectivity index (χ2v) is 5.66. The Morgan fingerprint density at radius 3 is 2.88 bits per heavy atom. The van der Waals surface area contributed by atoms with Crippen LogP contribution in [0.1, 0.15) is 29.8 Å². The molecule has 1 aromatic heterocycles. The van der Waals surface area contributed by atoms with Crippen LogP contribution in [0, 0.1) is 5.92 Å². The average Bonchev–Trinajstić information content (AvgIpc) is 2.77. The Labute approximate surface area is 108 Å². The fourth-order valence-electron chi connectivity index (χ4n) is 2.84. The number of nitrogens with one attached hydrogen (secondary N) is 2. The van der Waals surface area contributed by atoms with E-state index in [9.17, 15) is 4.79 Å². The molecular weight excluding hydrogens is 284 g/mol. The molecule has 3 fully saturated rings. The van der Waals surface area contributed by atoms with Crippen molar-refractivity contribution in [2.45, 2.75) is 31.3 Å². The summed E-state index contributed by atoms with van der Waals surface area (Å²) in [7, 11) is 0. The molecule has 4 nitrogen and oxygen atoms in total. The van der Waals surface area contributed by atoms with Crippen molar-refractivity contribution in [2.24, 2.45) is 5.92 Å². The molecule has 5 heteroatoms. The molecule has 0 spiro atoms. The SMILES string of the molecule is O=C(NC1CC2CCC1NC2)c1ccc(Br)o1. The summed E-state index contributed by atoms with van der Waals surface area (Å²) in [6, 6.07) is 4.11. The topological polar surface area (TPSA) is 54.3 Å². The zero-order valence-corrected chi connectivity index (χ0v) is 11.0. The number of carbonyl (C=O) groups is 1. The van der Waals surface area contributed by atoms with Gasteiger partial charge >= 0.3 is 0 Å². The maximum Gasteiger partial charge on any atom is 0.287 e. The summed E-state index contributed by atoms with van der Waals surface area (Å²) in [5.41, 5.74) is 0. The normalized spacial score (nSPS) is 31.5. The van der Waals surface area contributed by atoms with Gasteiger partial charge in [-0.2, -0.15) is 0 Å². The van der Waals surface area contributed by atoms with Crippen molar-refractivity contribution in [3.05, 3.63) is 22.6 Å². The van der Waals surface area contributed by atoms with Gasteiger partial charge < -0.3 is 15.1 Å². The second-order valence-electron chi connectivity index (χ2n) is 4.88. The quantitative estimate of drug-likeness (QED) is 0.877. The first-order chi connectivity index (χ1) is 8.22. The molecule has 1 aromatic rings. The number of fused-ring (bicyclic) bond motifs is 3. The summed E-state index contributed by atoms with van der Waals surface area (Å²) in [5.74, 6) is 0.974. The van der Waals surface area contributed by atoms with E-state index in [1.165, 1.54) is 6.42 Å². The van der Waals surface area contributed by atoms with Crippen molar-refractivity contribution in [3.8, 4) is 0 Å². The molecule has 3 heterocycles. The molecule has 4 rings (SSSR count). The van der Waals surface area contributed by atoms with Crippen molar-refractivity contribution >= 4 is 21.8 Å². The van der Waals surface area contributed by atoms with Gasteiger partial charge in [-0.05, 0) is 59.8 Å². The Morgan fingerprint density at radius 1 is 1.47 bits per heavy atom. The average molecular weight is 299 g/mol. The fraction of sp³-hybridized carbons (Fsp3) is 0.583. The van der Waals surface area contributed by atoms with Gasteiger partial charge in [0.1, 0.15) is 0 Å². The Morgan fingerprint density at radius 2 is 2.35 bits per heavy atom. The van der Waals surface area contributed by atoms with Gasteiger partial charge in [-0.15, -0.1) is 0 Å². The predicted molar refractivity (Wildman–Crippen MR) is 66.8 cm³/mol. The second kappa shape index (κ2) is 4.46. The third-order valence-corrected chi connectivity index (χ3v) is 4.17. The highest BCUT2D eigenvalue weighted by molar-refractivity contribution is 9.10. The van der Waals surface area contributed by atoms with E-state index < -0.39 is 0 Å². The van der Waals surface area contributed by atoms with Crippen molar-refractivity contribution in [1.29, 1.82) is 0 Å². The summed E-state index contributed by atoms with van der Waals surface area (Å²) >= 11 is 3.20. The maximum absolute atomic E-state index is 11.9. The molecule has 2 aliphatic heterocycles. The first-order valence-electron chi connectivity index (χ1n) is 6.02. The van der Waals surface area contributed by atoms with Gasteiger partial charge in [0.15, 0.2) is 10.4 Å². The summed E-state index contributed by atoms with van der Waals surface area (Å²) in [5, 5.41) is 6.54. The number of hydrogen-bond donors (Lipinski definition) is 2. The van der Waals surface area contributed by atoms with Crippen molar-refractivity contribution in [2.75, 3.05) is 6.54 Å². The molecule has 2 bridgehead atoms. The van der Waals surface area contributed by atoms with E-state index in [1.54, 1.807) is 12.1 Å². The minimum Gasteiger partial charge on any atom is -0.444 e. The van der Waals surface area contributed by atoms with Crippen molar-refractivity contribution < 1.29 is 9.21 Å². The lowest BCUT2D eigenvalue weighted by Crippen LogP contribution is -2.59. The summed E-state index contributed by atoms with van der Waals surface area (Å²) in [6.45, 7) is 1.10. The molecule has 3 atom stereocenters. The van der Waals surface area contributed by atoms with Gasteiger partial charge in [0.2, 0.25) is 0 Å². The molecule has 17 heavy (non-hydrogen) atoms. The Bertz CT molecular complexity index is 424. The molecule has 3 aliphatic rings. The van der Waals surface area contributed by atoms with Crippen LogP contribution in [0.15, 0.2) is 21.2 Å². The van der Waals surface area contributed by atoms with Crippen LogP contribution in [0.2, 0.25) is 0 Å². The van der Waals surface area contributed by atoms with Crippen LogP contribution in [-0.4, -0.2) is 24.5 Å². The zero-order valence-electron chi connectivity index (χ0n) is 9.41. The number of furan rings is 1. The van der Waals surface area contributed by atoms with E-state index in [0.717, 1.165) is 19.4 Å². The van der Waals surface area contributed by atoms with Gasteiger partial charge in [0, 0.05) is 12.1 Å². The van der Waals surface area contributed by atoms with E-state index in [-0.39, 0.29) is 11.9 Å². The molecule has 1 saturated carbocycles. The van der Waals surface area contributed by atoms with Crippen LogP contribution in [0.4, 0.5) is 0 Å². The lowest BCUT2D eigenvalue weighted by atomic mass is 9.78. The minimum absolute atomic E-state index is 0.116. The highest BCUT2D eigenvalue weighted by Gasteiger charge is 2.36. The van der Waals surface area contributed by atoms with Gasteiger partial charge in [-0.1, -0.05) is 0 Å². The van der Waals surface area contributed by atoms with Crippen LogP contribution in [0.25, 0.3) is 0 Å². The van der Waals surface area contributed by atoms with Crippen LogP contribution in [0.5, 0.6) is 0 Å². The van der Waals surface area contributed by atoms with E-state index in [4.69, 9.17) is 4.42 Å². The molecule has 1 aliphatic carbocycles. The number of piperidine rings is 2. The zero-order chi connectivity index (χ0) is 11.8. The standard InChI is InChI=1S/C12H15BrN2O2/c13-11-4-3-10(17-11)12(16)15-9-5-7-1-2-8(9)14-6-7/h3-4,7-9,14H,1-2,5-6H2,(H,15,16). The lowest BCUT2D eigenvalue weighted by Gasteiger charge is -2.43. The van der Waals surface area contributed by atoms with E-state index in [1.807, 2.05) is 0 Å². The third-order valence-electron chi connectivity index (χ3n) is 3.74. The van der Waals surface area contributed by atoms with E-state index >= 15 is 0 Å². The monoisotopic (exact) mass is 298 g/mol. The van der Waals surface area contributed by atoms with Crippen LogP contribution >= 0.6 is 15.9 Å². The van der Waals surface area contributed by atoms with E-state index in [2.05, 4.69) is 26.6 Å². The molecule has 0 aromatic carbocycles. The molecule has 1 amide bonds. The van der Waals surface area contributed by atoms with Gasteiger partial charge in [-0.3, -0.25) is 4.79 Å². The highest BCUT2D eigenvalue weighted by Crippen LogP contribution is 2.29. The Hall–Kier alpha value is -0.810. The molecule has 0 radical (unpaired) electrons. The Balaban J connectivity index is 1.65. The Kier molecular flexibility index (Phi) is 2.96. The fourth-order valence-corrected chi connectivity index (χ4v) is 3.15. The molecule has 3 unspecified atom stereocenters. The lowest BCUT2D eigenvalue weighted by molar-refractivity contribution is 0.0839. The summed E-state index contributed by atoms with van der Waals surface area (Å²) in [6.07, 6.45) is 3.54. The van der Waals surface area contributed by atoms with Gasteiger partial charge in [-0.25, -0.2) is 0 Å². The van der Waals surface area contributed by atoms with E-state index in [0.29, 0.717) is 22.4 Å². The summed E-state index contributed by atoms with van der Waals surface area (Å²) < 4.78 is 5.84.